The van der Waals surface area contributed by atoms with E-state index < -0.39 is 5.91 Å². The number of nitrogens with one attached hydrogen (secondary N) is 1. The Morgan fingerprint density at radius 3 is 2.71 bits per heavy atom. The number of benzene rings is 1. The summed E-state index contributed by atoms with van der Waals surface area (Å²) >= 11 is 5.83. The molecule has 0 saturated carbocycles. The van der Waals surface area contributed by atoms with Crippen LogP contribution in [0.3, 0.4) is 0 Å². The van der Waals surface area contributed by atoms with E-state index in [0.29, 0.717) is 11.5 Å². The summed E-state index contributed by atoms with van der Waals surface area (Å²) in [5.74, 6) is 5.55. The Kier molecular flexibility index (Phi) is 2.18. The van der Waals surface area contributed by atoms with Crippen LogP contribution in [0, 0.1) is 0 Å². The van der Waals surface area contributed by atoms with Crippen LogP contribution in [-0.4, -0.2) is 12.7 Å². The molecule has 14 heavy (non-hydrogen) atoms. The third kappa shape index (κ3) is 1.36. The van der Waals surface area contributed by atoms with E-state index in [1.54, 1.807) is 0 Å². The normalized spacial score (nSPS) is 12.7. The van der Waals surface area contributed by atoms with E-state index in [4.69, 9.17) is 26.9 Å². The average Bonchev–Trinajstić information content (AvgIpc) is 2.62. The fourth-order valence-electron chi connectivity index (χ4n) is 1.17. The van der Waals surface area contributed by atoms with Crippen LogP contribution in [0.4, 0.5) is 0 Å². The van der Waals surface area contributed by atoms with Gasteiger partial charge in [0, 0.05) is 6.07 Å². The van der Waals surface area contributed by atoms with Crippen LogP contribution in [0.2, 0.25) is 5.02 Å². The number of nitrogen functional groups attached to an aromatic ring is 1. The SMILES string of the molecule is NNC(=O)c1cc2c(cc1Cl)OCO2. The van der Waals surface area contributed by atoms with E-state index in [2.05, 4.69) is 0 Å². The van der Waals surface area contributed by atoms with Crippen LogP contribution in [0.5, 0.6) is 11.5 Å². The second kappa shape index (κ2) is 3.36. The highest BCUT2D eigenvalue weighted by atomic mass is 35.5. The van der Waals surface area contributed by atoms with Crippen molar-refractivity contribution < 1.29 is 14.3 Å². The molecule has 1 aliphatic rings. The molecule has 1 aromatic rings. The number of rotatable bonds is 1. The molecule has 0 radical (unpaired) electrons. The molecule has 0 unspecified atom stereocenters. The first-order valence-electron chi connectivity index (χ1n) is 3.82. The van der Waals surface area contributed by atoms with Crippen LogP contribution in [-0.2, 0) is 0 Å². The Morgan fingerprint density at radius 1 is 1.43 bits per heavy atom. The molecule has 0 bridgehead atoms. The Bertz CT molecular complexity index is 394. The molecule has 1 heterocycles. The summed E-state index contributed by atoms with van der Waals surface area (Å²) in [6.07, 6.45) is 0. The maximum Gasteiger partial charge on any atom is 0.266 e. The highest BCUT2D eigenvalue weighted by molar-refractivity contribution is 6.34. The van der Waals surface area contributed by atoms with E-state index in [1.807, 2.05) is 5.43 Å². The van der Waals surface area contributed by atoms with Gasteiger partial charge in [-0.25, -0.2) is 5.84 Å². The summed E-state index contributed by atoms with van der Waals surface area (Å²) in [5.41, 5.74) is 2.26. The van der Waals surface area contributed by atoms with Gasteiger partial charge in [0.15, 0.2) is 11.5 Å². The summed E-state index contributed by atoms with van der Waals surface area (Å²) in [7, 11) is 0. The third-order valence-corrected chi connectivity index (χ3v) is 2.15. The molecule has 74 valence electrons. The van der Waals surface area contributed by atoms with Crippen molar-refractivity contribution in [1.82, 2.24) is 5.43 Å². The number of carbonyl (C=O) groups excluding carboxylic acids is 1. The third-order valence-electron chi connectivity index (χ3n) is 1.84. The highest BCUT2D eigenvalue weighted by Crippen LogP contribution is 2.36. The first kappa shape index (κ1) is 9.11. The summed E-state index contributed by atoms with van der Waals surface area (Å²) in [6.45, 7) is 0.138. The van der Waals surface area contributed by atoms with Crippen LogP contribution in [0.1, 0.15) is 10.4 Å². The maximum absolute atomic E-state index is 11.2. The number of amides is 1. The molecule has 3 N–H and O–H groups in total. The minimum atomic E-state index is -0.465. The van der Waals surface area contributed by atoms with E-state index in [-0.39, 0.29) is 17.4 Å². The van der Waals surface area contributed by atoms with Crippen LogP contribution in [0.15, 0.2) is 12.1 Å². The molecule has 0 aromatic heterocycles. The highest BCUT2D eigenvalue weighted by Gasteiger charge is 2.19. The van der Waals surface area contributed by atoms with Gasteiger partial charge in [-0.05, 0) is 6.07 Å². The topological polar surface area (TPSA) is 73.6 Å². The quantitative estimate of drug-likeness (QED) is 0.410. The van der Waals surface area contributed by atoms with Gasteiger partial charge in [0.2, 0.25) is 6.79 Å². The van der Waals surface area contributed by atoms with Gasteiger partial charge in [-0.3, -0.25) is 10.2 Å². The van der Waals surface area contributed by atoms with Gasteiger partial charge >= 0.3 is 0 Å². The molecule has 1 aliphatic heterocycles. The summed E-state index contributed by atoms with van der Waals surface area (Å²) < 4.78 is 10.2. The first-order valence-corrected chi connectivity index (χ1v) is 4.20. The summed E-state index contributed by atoms with van der Waals surface area (Å²) in [6, 6.07) is 3.02. The summed E-state index contributed by atoms with van der Waals surface area (Å²) in [5, 5.41) is 0.275. The maximum atomic E-state index is 11.2. The van der Waals surface area contributed by atoms with Crippen molar-refractivity contribution in [2.24, 2.45) is 5.84 Å². The molecule has 0 spiro atoms. The van der Waals surface area contributed by atoms with Crippen LogP contribution < -0.4 is 20.7 Å². The molecule has 0 aliphatic carbocycles. The van der Waals surface area contributed by atoms with Crippen molar-refractivity contribution in [3.05, 3.63) is 22.7 Å². The van der Waals surface area contributed by atoms with E-state index in [1.165, 1.54) is 12.1 Å². The Hall–Kier alpha value is -1.46. The smallest absolute Gasteiger partial charge is 0.266 e. The Balaban J connectivity index is 2.47. The average molecular weight is 215 g/mol. The standard InChI is InChI=1S/C8H7ClN2O3/c9-5-2-7-6(13-3-14-7)1-4(5)8(12)11-10/h1-2H,3,10H2,(H,11,12). The second-order valence-electron chi connectivity index (χ2n) is 2.66. The molecule has 0 atom stereocenters. The Labute approximate surface area is 84.7 Å². The number of ether oxygens (including phenoxy) is 2. The fourth-order valence-corrected chi connectivity index (χ4v) is 1.41. The number of hydrazine groups is 1. The van der Waals surface area contributed by atoms with Gasteiger partial charge in [-0.2, -0.15) is 0 Å². The van der Waals surface area contributed by atoms with Crippen molar-refractivity contribution in [3.63, 3.8) is 0 Å². The number of nitrogens with two attached hydrogens (primary N) is 1. The summed E-state index contributed by atoms with van der Waals surface area (Å²) in [4.78, 5) is 11.2. The number of fused-ring (bicyclic) bond motifs is 1. The zero-order valence-corrected chi connectivity index (χ0v) is 7.80. The van der Waals surface area contributed by atoms with Crippen molar-refractivity contribution in [1.29, 1.82) is 0 Å². The molecule has 0 fully saturated rings. The predicted molar refractivity (Wildman–Crippen MR) is 49.2 cm³/mol. The molecule has 1 amide bonds. The van der Waals surface area contributed by atoms with Crippen molar-refractivity contribution in [3.8, 4) is 11.5 Å². The Morgan fingerprint density at radius 2 is 2.07 bits per heavy atom. The number of carbonyl (C=O) groups is 1. The molecule has 1 aromatic carbocycles. The lowest BCUT2D eigenvalue weighted by atomic mass is 10.2. The number of hydrogen-bond donors (Lipinski definition) is 2. The van der Waals surface area contributed by atoms with Crippen molar-refractivity contribution in [2.45, 2.75) is 0 Å². The zero-order chi connectivity index (χ0) is 10.1. The van der Waals surface area contributed by atoms with Gasteiger partial charge in [0.1, 0.15) is 0 Å². The fraction of sp³-hybridized carbons (Fsp3) is 0.125. The molecule has 5 nitrogen and oxygen atoms in total. The lowest BCUT2D eigenvalue weighted by Gasteiger charge is -2.03. The van der Waals surface area contributed by atoms with Gasteiger partial charge in [0.05, 0.1) is 10.6 Å². The first-order chi connectivity index (χ1) is 6.72. The zero-order valence-electron chi connectivity index (χ0n) is 7.04. The predicted octanol–water partition coefficient (Wildman–Crippen LogP) is 0.672. The lowest BCUT2D eigenvalue weighted by Crippen LogP contribution is -2.30. The minimum absolute atomic E-state index is 0.138. The lowest BCUT2D eigenvalue weighted by molar-refractivity contribution is 0.0953. The van der Waals surface area contributed by atoms with Crippen molar-refractivity contribution in [2.75, 3.05) is 6.79 Å². The van der Waals surface area contributed by atoms with Gasteiger partial charge in [0.25, 0.3) is 5.91 Å². The molecular weight excluding hydrogens is 208 g/mol. The molecule has 0 saturated heterocycles. The number of halogens is 1. The van der Waals surface area contributed by atoms with Gasteiger partial charge < -0.3 is 9.47 Å². The minimum Gasteiger partial charge on any atom is -0.454 e. The largest absolute Gasteiger partial charge is 0.454 e. The van der Waals surface area contributed by atoms with Crippen LogP contribution >= 0.6 is 11.6 Å². The van der Waals surface area contributed by atoms with E-state index >= 15 is 0 Å². The molecule has 2 rings (SSSR count). The van der Waals surface area contributed by atoms with Crippen molar-refractivity contribution >= 4 is 17.5 Å². The van der Waals surface area contributed by atoms with Crippen LogP contribution in [0.25, 0.3) is 0 Å². The van der Waals surface area contributed by atoms with Gasteiger partial charge in [-0.1, -0.05) is 11.6 Å². The molecular formula is C8H7ClN2O3. The monoisotopic (exact) mass is 214 g/mol. The second-order valence-corrected chi connectivity index (χ2v) is 3.07. The molecule has 6 heteroatoms. The van der Waals surface area contributed by atoms with E-state index in [0.717, 1.165) is 0 Å². The van der Waals surface area contributed by atoms with E-state index in [9.17, 15) is 4.79 Å². The van der Waals surface area contributed by atoms with Gasteiger partial charge in [-0.15, -0.1) is 0 Å². The number of hydrogen-bond acceptors (Lipinski definition) is 4.